The quantitative estimate of drug-likeness (QED) is 0.902. The molecule has 0 unspecified atom stereocenters. The molecule has 0 aliphatic heterocycles. The van der Waals surface area contributed by atoms with E-state index in [-0.39, 0.29) is 0 Å². The molecule has 1 aliphatic carbocycles. The topological polar surface area (TPSA) is 29.5 Å². The van der Waals surface area contributed by atoms with Crippen LogP contribution in [0.1, 0.15) is 36.8 Å². The van der Waals surface area contributed by atoms with Crippen molar-refractivity contribution in [1.82, 2.24) is 0 Å². The Bertz CT molecular complexity index is 384. The van der Waals surface area contributed by atoms with Gasteiger partial charge in [-0.3, -0.25) is 0 Å². The van der Waals surface area contributed by atoms with Crippen LogP contribution >= 0.6 is 11.6 Å². The van der Waals surface area contributed by atoms with E-state index in [2.05, 4.69) is 6.07 Å². The fraction of sp³-hybridized carbons (Fsp3) is 0.600. The van der Waals surface area contributed by atoms with Crippen LogP contribution in [0, 0.1) is 12.8 Å². The second-order valence-corrected chi connectivity index (χ2v) is 5.64. The fourth-order valence-corrected chi connectivity index (χ4v) is 2.75. The minimum absolute atomic E-state index is 0.316. The van der Waals surface area contributed by atoms with Crippen molar-refractivity contribution < 1.29 is 9.84 Å². The van der Waals surface area contributed by atoms with Gasteiger partial charge in [-0.05, 0) is 55.7 Å². The molecule has 0 saturated heterocycles. The van der Waals surface area contributed by atoms with Crippen molar-refractivity contribution in [3.8, 4) is 0 Å². The molecule has 0 heterocycles. The molecule has 0 aromatic heterocycles. The van der Waals surface area contributed by atoms with E-state index in [1.54, 1.807) is 0 Å². The zero-order chi connectivity index (χ0) is 13.0. The Morgan fingerprint density at radius 3 is 2.61 bits per heavy atom. The summed E-state index contributed by atoms with van der Waals surface area (Å²) in [6.45, 7) is 2.94. The largest absolute Gasteiger partial charge is 0.396 e. The van der Waals surface area contributed by atoms with Gasteiger partial charge < -0.3 is 9.84 Å². The molecule has 1 aromatic rings. The molecule has 1 aromatic carbocycles. The minimum Gasteiger partial charge on any atom is -0.396 e. The van der Waals surface area contributed by atoms with Crippen molar-refractivity contribution >= 4 is 11.6 Å². The maximum absolute atomic E-state index is 9.09. The SMILES string of the molecule is Cc1ccc(COC2CCC(CO)CC2)c(Cl)c1. The van der Waals surface area contributed by atoms with Gasteiger partial charge in [0, 0.05) is 11.6 Å². The molecule has 0 spiro atoms. The van der Waals surface area contributed by atoms with Gasteiger partial charge in [0.25, 0.3) is 0 Å². The number of rotatable bonds is 4. The molecule has 1 fully saturated rings. The monoisotopic (exact) mass is 268 g/mol. The Kier molecular flexibility index (Phi) is 5.04. The minimum atomic E-state index is 0.316. The van der Waals surface area contributed by atoms with Gasteiger partial charge in [-0.15, -0.1) is 0 Å². The highest BCUT2D eigenvalue weighted by molar-refractivity contribution is 6.31. The van der Waals surface area contributed by atoms with Gasteiger partial charge in [0.15, 0.2) is 0 Å². The third-order valence-electron chi connectivity index (χ3n) is 3.74. The van der Waals surface area contributed by atoms with Crippen LogP contribution in [-0.4, -0.2) is 17.8 Å². The van der Waals surface area contributed by atoms with Crippen LogP contribution in [-0.2, 0) is 11.3 Å². The van der Waals surface area contributed by atoms with E-state index in [0.29, 0.717) is 25.2 Å². The van der Waals surface area contributed by atoms with Crippen molar-refractivity contribution in [2.75, 3.05) is 6.61 Å². The summed E-state index contributed by atoms with van der Waals surface area (Å²) in [5, 5.41) is 9.88. The summed E-state index contributed by atoms with van der Waals surface area (Å²) in [6, 6.07) is 6.08. The number of hydrogen-bond donors (Lipinski definition) is 1. The summed E-state index contributed by atoms with van der Waals surface area (Å²) in [7, 11) is 0. The molecule has 18 heavy (non-hydrogen) atoms. The zero-order valence-corrected chi connectivity index (χ0v) is 11.6. The summed E-state index contributed by atoms with van der Waals surface area (Å²) in [5.74, 6) is 0.479. The predicted octanol–water partition coefficient (Wildman–Crippen LogP) is 3.72. The van der Waals surface area contributed by atoms with E-state index in [0.717, 1.165) is 36.3 Å². The van der Waals surface area contributed by atoms with Crippen molar-refractivity contribution in [3.63, 3.8) is 0 Å². The fourth-order valence-electron chi connectivity index (χ4n) is 2.46. The van der Waals surface area contributed by atoms with Gasteiger partial charge in [0.2, 0.25) is 0 Å². The first kappa shape index (κ1) is 13.9. The third kappa shape index (κ3) is 3.71. The number of aryl methyl sites for hydroxylation is 1. The van der Waals surface area contributed by atoms with Crippen molar-refractivity contribution in [2.24, 2.45) is 5.92 Å². The van der Waals surface area contributed by atoms with Gasteiger partial charge in [-0.1, -0.05) is 23.7 Å². The van der Waals surface area contributed by atoms with E-state index in [9.17, 15) is 0 Å². The van der Waals surface area contributed by atoms with Gasteiger partial charge in [0.1, 0.15) is 0 Å². The number of aliphatic hydroxyl groups is 1. The van der Waals surface area contributed by atoms with Crippen molar-refractivity contribution in [3.05, 3.63) is 34.3 Å². The Hall–Kier alpha value is -0.570. The lowest BCUT2D eigenvalue weighted by Crippen LogP contribution is -2.23. The standard InChI is InChI=1S/C15H21ClO2/c1-11-2-5-13(15(16)8-11)10-18-14-6-3-12(9-17)4-7-14/h2,5,8,12,14,17H,3-4,6-7,9-10H2,1H3. The highest BCUT2D eigenvalue weighted by Crippen LogP contribution is 2.27. The molecule has 1 aliphatic rings. The van der Waals surface area contributed by atoms with Crippen LogP contribution in [0.2, 0.25) is 5.02 Å². The lowest BCUT2D eigenvalue weighted by molar-refractivity contribution is 0.00123. The van der Waals surface area contributed by atoms with Crippen LogP contribution in [0.3, 0.4) is 0 Å². The van der Waals surface area contributed by atoms with Gasteiger partial charge in [0.05, 0.1) is 12.7 Å². The van der Waals surface area contributed by atoms with Gasteiger partial charge in [-0.2, -0.15) is 0 Å². The lowest BCUT2D eigenvalue weighted by Gasteiger charge is -2.27. The number of aliphatic hydroxyl groups excluding tert-OH is 1. The summed E-state index contributed by atoms with van der Waals surface area (Å²) in [6.07, 6.45) is 4.57. The maximum Gasteiger partial charge on any atom is 0.0735 e. The highest BCUT2D eigenvalue weighted by atomic mass is 35.5. The van der Waals surface area contributed by atoms with Gasteiger partial charge >= 0.3 is 0 Å². The molecule has 100 valence electrons. The average molecular weight is 269 g/mol. The normalized spacial score (nSPS) is 24.2. The summed E-state index contributed by atoms with van der Waals surface area (Å²) < 4.78 is 5.92. The Morgan fingerprint density at radius 1 is 1.28 bits per heavy atom. The first-order valence-corrected chi connectivity index (χ1v) is 7.04. The molecule has 2 nitrogen and oxygen atoms in total. The molecule has 0 bridgehead atoms. The molecule has 0 atom stereocenters. The summed E-state index contributed by atoms with van der Waals surface area (Å²) in [5.41, 5.74) is 2.23. The summed E-state index contributed by atoms with van der Waals surface area (Å²) in [4.78, 5) is 0. The number of benzene rings is 1. The van der Waals surface area contributed by atoms with Gasteiger partial charge in [-0.25, -0.2) is 0 Å². The molecule has 1 saturated carbocycles. The highest BCUT2D eigenvalue weighted by Gasteiger charge is 2.21. The molecule has 3 heteroatoms. The molecular formula is C15H21ClO2. The van der Waals surface area contributed by atoms with Crippen molar-refractivity contribution in [1.29, 1.82) is 0 Å². The molecule has 0 amide bonds. The number of hydrogen-bond acceptors (Lipinski definition) is 2. The van der Waals surface area contributed by atoms with E-state index in [1.165, 1.54) is 5.56 Å². The van der Waals surface area contributed by atoms with E-state index in [1.807, 2.05) is 19.1 Å². The second kappa shape index (κ2) is 6.55. The first-order chi connectivity index (χ1) is 8.69. The van der Waals surface area contributed by atoms with Crippen LogP contribution in [0.4, 0.5) is 0 Å². The Morgan fingerprint density at radius 2 is 2.00 bits per heavy atom. The molecule has 1 N–H and O–H groups in total. The lowest BCUT2D eigenvalue weighted by atomic mass is 9.88. The van der Waals surface area contributed by atoms with Crippen LogP contribution in [0.25, 0.3) is 0 Å². The Labute approximate surface area is 114 Å². The molecular weight excluding hydrogens is 248 g/mol. The van der Waals surface area contributed by atoms with E-state index in [4.69, 9.17) is 21.4 Å². The Balaban J connectivity index is 1.81. The molecule has 0 radical (unpaired) electrons. The summed E-state index contributed by atoms with van der Waals surface area (Å²) >= 11 is 6.18. The first-order valence-electron chi connectivity index (χ1n) is 6.66. The van der Waals surface area contributed by atoms with E-state index >= 15 is 0 Å². The van der Waals surface area contributed by atoms with Crippen LogP contribution in [0.15, 0.2) is 18.2 Å². The number of halogens is 1. The van der Waals surface area contributed by atoms with E-state index < -0.39 is 0 Å². The predicted molar refractivity (Wildman–Crippen MR) is 73.8 cm³/mol. The third-order valence-corrected chi connectivity index (χ3v) is 4.09. The average Bonchev–Trinajstić information content (AvgIpc) is 2.38. The second-order valence-electron chi connectivity index (χ2n) is 5.23. The van der Waals surface area contributed by atoms with Crippen LogP contribution < -0.4 is 0 Å². The maximum atomic E-state index is 9.09. The zero-order valence-electron chi connectivity index (χ0n) is 10.9. The van der Waals surface area contributed by atoms with Crippen molar-refractivity contribution in [2.45, 2.75) is 45.3 Å². The smallest absolute Gasteiger partial charge is 0.0735 e. The molecule has 2 rings (SSSR count). The number of ether oxygens (including phenoxy) is 1. The van der Waals surface area contributed by atoms with Crippen LogP contribution in [0.5, 0.6) is 0 Å².